The van der Waals surface area contributed by atoms with Crippen molar-refractivity contribution in [2.45, 2.75) is 47.0 Å². The fourth-order valence-corrected chi connectivity index (χ4v) is 6.79. The molecule has 0 spiro atoms. The zero-order chi connectivity index (χ0) is 38.9. The van der Waals surface area contributed by atoms with Crippen LogP contribution in [0.2, 0.25) is 0 Å². The Morgan fingerprint density at radius 2 is 1.16 bits per heavy atom. The molecular formula is C47H40F3N3O2. The number of rotatable bonds is 9. The molecule has 0 aliphatic carbocycles. The van der Waals surface area contributed by atoms with Gasteiger partial charge in [-0.25, -0.2) is 13.8 Å². The second-order valence-electron chi connectivity index (χ2n) is 14.6. The third-order valence-corrected chi connectivity index (χ3v) is 9.32. The van der Waals surface area contributed by atoms with E-state index in [2.05, 4.69) is 42.9 Å². The molecule has 0 saturated heterocycles. The van der Waals surface area contributed by atoms with Crippen LogP contribution in [-0.2, 0) is 5.41 Å². The van der Waals surface area contributed by atoms with Crippen LogP contribution in [0.5, 0.6) is 23.1 Å². The minimum atomic E-state index is -1.67. The van der Waals surface area contributed by atoms with E-state index in [0.29, 0.717) is 17.3 Å². The maximum absolute atomic E-state index is 15.7. The van der Waals surface area contributed by atoms with Gasteiger partial charge in [-0.05, 0) is 103 Å². The number of aromatic nitrogens is 2. The topological polar surface area (TPSA) is 47.5 Å². The first-order valence-electron chi connectivity index (χ1n) is 18.0. The van der Waals surface area contributed by atoms with Crippen LogP contribution in [-0.4, -0.2) is 9.97 Å². The molecule has 0 bridgehead atoms. The van der Waals surface area contributed by atoms with Gasteiger partial charge in [-0.2, -0.15) is 4.39 Å². The molecular weight excluding hydrogens is 696 g/mol. The minimum absolute atomic E-state index is 0.111. The van der Waals surface area contributed by atoms with E-state index in [1.807, 2.05) is 111 Å². The van der Waals surface area contributed by atoms with Crippen molar-refractivity contribution in [1.29, 1.82) is 0 Å². The average molecular weight is 736 g/mol. The van der Waals surface area contributed by atoms with Crippen LogP contribution in [0.3, 0.4) is 0 Å². The molecule has 55 heavy (non-hydrogen) atoms. The highest BCUT2D eigenvalue weighted by Gasteiger charge is 2.24. The van der Waals surface area contributed by atoms with Crippen LogP contribution in [0.25, 0.3) is 22.4 Å². The van der Waals surface area contributed by atoms with E-state index < -0.39 is 23.2 Å². The SMILES string of the molecule is Cc1cc(C)c(-c2ccnc(-c3cc(Oc4cc(Oc5cc(C(C)(C)C)ccn5)cc(N(c5ccccc5)c5ccccc5)c4)c(F)c(F)c3F)c2)c(C)c1. The number of para-hydroxylation sites is 2. The van der Waals surface area contributed by atoms with Gasteiger partial charge in [0, 0.05) is 53.6 Å². The largest absolute Gasteiger partial charge is 0.454 e. The average Bonchev–Trinajstić information content (AvgIpc) is 3.15. The van der Waals surface area contributed by atoms with Gasteiger partial charge in [0.25, 0.3) is 0 Å². The number of pyridine rings is 2. The number of hydrogen-bond acceptors (Lipinski definition) is 5. The Bertz CT molecular complexity index is 2440. The number of aryl methyl sites for hydroxylation is 3. The highest BCUT2D eigenvalue weighted by Crippen LogP contribution is 2.42. The Kier molecular flexibility index (Phi) is 10.2. The van der Waals surface area contributed by atoms with Gasteiger partial charge in [0.1, 0.15) is 11.5 Å². The normalized spacial score (nSPS) is 11.4. The summed E-state index contributed by atoms with van der Waals surface area (Å²) in [5, 5.41) is 0. The Hall–Kier alpha value is -6.41. The lowest BCUT2D eigenvalue weighted by Crippen LogP contribution is -2.11. The molecule has 276 valence electrons. The second kappa shape index (κ2) is 15.1. The molecule has 0 N–H and O–H groups in total. The summed E-state index contributed by atoms with van der Waals surface area (Å²) in [6, 6.07) is 37.0. The molecule has 0 aliphatic heterocycles. The molecule has 5 nitrogen and oxygen atoms in total. The molecule has 7 aromatic rings. The van der Waals surface area contributed by atoms with Crippen LogP contribution < -0.4 is 14.4 Å². The van der Waals surface area contributed by atoms with Crippen molar-refractivity contribution in [3.8, 4) is 45.5 Å². The molecule has 7 rings (SSSR count). The Balaban J connectivity index is 1.35. The van der Waals surface area contributed by atoms with Crippen molar-refractivity contribution in [2.75, 3.05) is 4.90 Å². The van der Waals surface area contributed by atoms with Crippen LogP contribution in [0.15, 0.2) is 134 Å². The Morgan fingerprint density at radius 3 is 1.78 bits per heavy atom. The summed E-state index contributed by atoms with van der Waals surface area (Å²) in [5.74, 6) is -4.26. The summed E-state index contributed by atoms with van der Waals surface area (Å²) in [4.78, 5) is 10.8. The van der Waals surface area contributed by atoms with Gasteiger partial charge in [0.05, 0.1) is 11.4 Å². The number of benzene rings is 5. The monoisotopic (exact) mass is 735 g/mol. The zero-order valence-electron chi connectivity index (χ0n) is 31.5. The summed E-state index contributed by atoms with van der Waals surface area (Å²) >= 11 is 0. The van der Waals surface area contributed by atoms with Gasteiger partial charge in [0.15, 0.2) is 17.4 Å². The van der Waals surface area contributed by atoms with Crippen molar-refractivity contribution in [3.63, 3.8) is 0 Å². The molecule has 0 fully saturated rings. The third kappa shape index (κ3) is 7.94. The molecule has 0 amide bonds. The number of hydrogen-bond donors (Lipinski definition) is 0. The van der Waals surface area contributed by atoms with E-state index in [1.54, 1.807) is 24.4 Å². The zero-order valence-corrected chi connectivity index (χ0v) is 31.5. The number of anilines is 3. The standard InChI is InChI=1S/C47H40F3N3O2/c1-29-21-30(2)43(31(3)22-29)32-17-19-51-40(23-32)39-28-41(45(49)46(50)44(39)48)54-37-25-36(53(34-13-9-7-10-14-34)35-15-11-8-12-16-35)26-38(27-37)55-42-24-33(18-20-52-42)47(4,5)6/h7-28H,1-6H3. The predicted molar refractivity (Wildman–Crippen MR) is 213 cm³/mol. The van der Waals surface area contributed by atoms with Crippen molar-refractivity contribution in [1.82, 2.24) is 9.97 Å². The first-order valence-corrected chi connectivity index (χ1v) is 18.0. The highest BCUT2D eigenvalue weighted by atomic mass is 19.2. The lowest BCUT2D eigenvalue weighted by molar-refractivity contribution is 0.393. The molecule has 5 aromatic carbocycles. The van der Waals surface area contributed by atoms with E-state index in [0.717, 1.165) is 50.8 Å². The quantitative estimate of drug-likeness (QED) is 0.138. The summed E-state index contributed by atoms with van der Waals surface area (Å²) in [5.41, 5.74) is 7.89. The fourth-order valence-electron chi connectivity index (χ4n) is 6.79. The maximum Gasteiger partial charge on any atom is 0.219 e. The maximum atomic E-state index is 15.7. The van der Waals surface area contributed by atoms with E-state index in [9.17, 15) is 0 Å². The molecule has 8 heteroatoms. The Labute approximate surface area is 319 Å². The van der Waals surface area contributed by atoms with E-state index in [-0.39, 0.29) is 22.4 Å². The van der Waals surface area contributed by atoms with Gasteiger partial charge in [-0.3, -0.25) is 4.98 Å². The number of nitrogens with zero attached hydrogens (tertiary/aromatic N) is 3. The van der Waals surface area contributed by atoms with Crippen LogP contribution in [0, 0.1) is 38.2 Å². The highest BCUT2D eigenvalue weighted by molar-refractivity contribution is 5.79. The van der Waals surface area contributed by atoms with Crippen molar-refractivity contribution in [3.05, 3.63) is 173 Å². The molecule has 0 aliphatic rings. The van der Waals surface area contributed by atoms with Gasteiger partial charge < -0.3 is 14.4 Å². The molecule has 0 atom stereocenters. The van der Waals surface area contributed by atoms with Gasteiger partial charge in [0.2, 0.25) is 11.7 Å². The second-order valence-corrected chi connectivity index (χ2v) is 14.6. The van der Waals surface area contributed by atoms with Crippen LogP contribution in [0.4, 0.5) is 30.2 Å². The molecule has 0 unspecified atom stereocenters. The number of ether oxygens (including phenoxy) is 2. The predicted octanol–water partition coefficient (Wildman–Crippen LogP) is 13.5. The summed E-state index contributed by atoms with van der Waals surface area (Å²) in [6.45, 7) is 12.3. The van der Waals surface area contributed by atoms with Crippen LogP contribution >= 0.6 is 0 Å². The first kappa shape index (κ1) is 36.9. The summed E-state index contributed by atoms with van der Waals surface area (Å²) < 4.78 is 59.3. The smallest absolute Gasteiger partial charge is 0.219 e. The van der Waals surface area contributed by atoms with Gasteiger partial charge in [-0.1, -0.05) is 74.9 Å². The van der Waals surface area contributed by atoms with Crippen molar-refractivity contribution >= 4 is 17.1 Å². The molecule has 2 heterocycles. The third-order valence-electron chi connectivity index (χ3n) is 9.32. The molecule has 0 radical (unpaired) electrons. The fraction of sp³-hybridized carbons (Fsp3) is 0.149. The van der Waals surface area contributed by atoms with Crippen LogP contribution in [0.1, 0.15) is 43.0 Å². The van der Waals surface area contributed by atoms with Crippen molar-refractivity contribution in [2.24, 2.45) is 0 Å². The Morgan fingerprint density at radius 1 is 0.564 bits per heavy atom. The lowest BCUT2D eigenvalue weighted by atomic mass is 9.88. The molecule has 0 saturated carbocycles. The number of halogens is 3. The molecule has 2 aromatic heterocycles. The summed E-state index contributed by atoms with van der Waals surface area (Å²) in [6.07, 6.45) is 3.21. The minimum Gasteiger partial charge on any atom is -0.454 e. The van der Waals surface area contributed by atoms with E-state index in [1.165, 1.54) is 6.20 Å². The first-order chi connectivity index (χ1) is 26.4. The lowest BCUT2D eigenvalue weighted by Gasteiger charge is -2.26. The van der Waals surface area contributed by atoms with Gasteiger partial charge in [-0.15, -0.1) is 0 Å². The summed E-state index contributed by atoms with van der Waals surface area (Å²) in [7, 11) is 0. The van der Waals surface area contributed by atoms with E-state index in [4.69, 9.17) is 9.47 Å². The van der Waals surface area contributed by atoms with Gasteiger partial charge >= 0.3 is 0 Å². The van der Waals surface area contributed by atoms with E-state index >= 15 is 13.2 Å². The van der Waals surface area contributed by atoms with Crippen molar-refractivity contribution < 1.29 is 22.6 Å².